The highest BCUT2D eigenvalue weighted by Crippen LogP contribution is 2.36. The molecule has 0 unspecified atom stereocenters. The molecule has 0 bridgehead atoms. The number of fused-ring (bicyclic) bond motifs is 5. The molecule has 1 aromatic carbocycles. The molecule has 7 rings (SSSR count). The molecule has 0 spiro atoms. The van der Waals surface area contributed by atoms with E-state index in [1.54, 1.807) is 16.8 Å². The molecular formula is C26H22FN7O3. The zero-order valence-corrected chi connectivity index (χ0v) is 19.6. The van der Waals surface area contributed by atoms with E-state index >= 15 is 0 Å². The number of hydrogen-bond donors (Lipinski definition) is 3. The van der Waals surface area contributed by atoms with Gasteiger partial charge in [-0.25, -0.2) is 14.4 Å². The first-order chi connectivity index (χ1) is 18.1. The normalized spacial score (nSPS) is 18.5. The van der Waals surface area contributed by atoms with E-state index < -0.39 is 0 Å². The third-order valence-electron chi connectivity index (χ3n) is 7.10. The zero-order chi connectivity index (χ0) is 25.1. The number of nitrogens with one attached hydrogen (secondary N) is 3. The predicted molar refractivity (Wildman–Crippen MR) is 133 cm³/mol. The third kappa shape index (κ3) is 3.50. The van der Waals surface area contributed by atoms with Gasteiger partial charge in [0.05, 0.1) is 54.3 Å². The second-order valence-electron chi connectivity index (χ2n) is 9.20. The van der Waals surface area contributed by atoms with Crippen molar-refractivity contribution in [1.29, 1.82) is 0 Å². The van der Waals surface area contributed by atoms with Gasteiger partial charge in [-0.3, -0.25) is 14.0 Å². The van der Waals surface area contributed by atoms with Gasteiger partial charge in [-0.15, -0.1) is 0 Å². The Morgan fingerprint density at radius 1 is 1.11 bits per heavy atom. The number of hydrogen-bond acceptors (Lipinski definition) is 7. The van der Waals surface area contributed by atoms with Crippen molar-refractivity contribution in [2.45, 2.75) is 19.1 Å². The second kappa shape index (κ2) is 8.27. The summed E-state index contributed by atoms with van der Waals surface area (Å²) in [7, 11) is 0. The summed E-state index contributed by atoms with van der Waals surface area (Å²) in [6.45, 7) is 2.20. The van der Waals surface area contributed by atoms with Crippen molar-refractivity contribution in [3.8, 4) is 11.3 Å². The van der Waals surface area contributed by atoms with Crippen LogP contribution in [0.15, 0.2) is 48.8 Å². The molecule has 6 heterocycles. The lowest BCUT2D eigenvalue weighted by molar-refractivity contribution is -0.124. The lowest BCUT2D eigenvalue weighted by Gasteiger charge is -2.35. The number of aromatic nitrogens is 3. The van der Waals surface area contributed by atoms with Crippen molar-refractivity contribution in [2.75, 3.05) is 30.0 Å². The van der Waals surface area contributed by atoms with Crippen molar-refractivity contribution in [1.82, 2.24) is 25.0 Å². The summed E-state index contributed by atoms with van der Waals surface area (Å²) in [6, 6.07) is 9.96. The van der Waals surface area contributed by atoms with Crippen molar-refractivity contribution >= 4 is 34.7 Å². The van der Waals surface area contributed by atoms with Gasteiger partial charge in [0.15, 0.2) is 0 Å². The van der Waals surface area contributed by atoms with Gasteiger partial charge in [-0.05, 0) is 29.8 Å². The predicted octanol–water partition coefficient (Wildman–Crippen LogP) is 2.36. The number of anilines is 3. The van der Waals surface area contributed by atoms with Gasteiger partial charge in [-0.1, -0.05) is 6.07 Å². The van der Waals surface area contributed by atoms with Crippen LogP contribution in [-0.2, 0) is 22.6 Å². The minimum absolute atomic E-state index is 0.0765. The van der Waals surface area contributed by atoms with Gasteiger partial charge >= 0.3 is 0 Å². The number of pyridine rings is 2. The Bertz CT molecular complexity index is 1600. The summed E-state index contributed by atoms with van der Waals surface area (Å²) < 4.78 is 21.0. The van der Waals surface area contributed by atoms with Gasteiger partial charge in [0.25, 0.3) is 5.91 Å². The van der Waals surface area contributed by atoms with Crippen LogP contribution in [0.3, 0.4) is 0 Å². The second-order valence-corrected chi connectivity index (χ2v) is 9.20. The van der Waals surface area contributed by atoms with E-state index in [1.165, 1.54) is 12.1 Å². The van der Waals surface area contributed by atoms with Crippen LogP contribution in [-0.4, -0.2) is 52.0 Å². The van der Waals surface area contributed by atoms with Crippen LogP contribution in [0.4, 0.5) is 21.6 Å². The van der Waals surface area contributed by atoms with Crippen molar-refractivity contribution in [2.24, 2.45) is 0 Å². The maximum absolute atomic E-state index is 13.7. The van der Waals surface area contributed by atoms with Crippen LogP contribution in [0.1, 0.15) is 21.6 Å². The number of halogens is 1. The molecule has 3 N–H and O–H groups in total. The highest BCUT2D eigenvalue weighted by Gasteiger charge is 2.34. The molecule has 3 aliphatic rings. The van der Waals surface area contributed by atoms with Crippen LogP contribution in [0.2, 0.25) is 0 Å². The van der Waals surface area contributed by atoms with Crippen LogP contribution < -0.4 is 20.9 Å². The van der Waals surface area contributed by atoms with E-state index in [9.17, 15) is 14.0 Å². The number of imidazole rings is 1. The number of ether oxygens (including phenoxy) is 1. The number of carbonyl (C=O) groups is 2. The van der Waals surface area contributed by atoms with E-state index in [4.69, 9.17) is 9.72 Å². The summed E-state index contributed by atoms with van der Waals surface area (Å²) >= 11 is 0. The molecule has 1 atom stereocenters. The molecule has 10 nitrogen and oxygen atoms in total. The average Bonchev–Trinajstić information content (AvgIpc) is 3.47. The molecular weight excluding hydrogens is 477 g/mol. The first kappa shape index (κ1) is 21.7. The van der Waals surface area contributed by atoms with Gasteiger partial charge in [0.1, 0.15) is 23.3 Å². The summed E-state index contributed by atoms with van der Waals surface area (Å²) in [5.41, 5.74) is 5.75. The van der Waals surface area contributed by atoms with E-state index in [2.05, 4.69) is 20.9 Å². The molecule has 0 saturated carbocycles. The van der Waals surface area contributed by atoms with Crippen LogP contribution >= 0.6 is 0 Å². The summed E-state index contributed by atoms with van der Waals surface area (Å²) in [5.74, 6) is -0.0484. The number of carbonyl (C=O) groups excluding carboxylic acids is 2. The molecule has 11 heteroatoms. The van der Waals surface area contributed by atoms with E-state index in [0.717, 1.165) is 28.2 Å². The number of rotatable bonds is 3. The molecule has 37 heavy (non-hydrogen) atoms. The molecule has 186 valence electrons. The van der Waals surface area contributed by atoms with Gasteiger partial charge in [0, 0.05) is 30.9 Å². The molecule has 2 amide bonds. The van der Waals surface area contributed by atoms with Gasteiger partial charge < -0.3 is 25.6 Å². The molecule has 3 aromatic heterocycles. The quantitative estimate of drug-likeness (QED) is 0.397. The minimum Gasteiger partial charge on any atom is -0.377 e. The van der Waals surface area contributed by atoms with Crippen LogP contribution in [0.25, 0.3) is 16.9 Å². The first-order valence-electron chi connectivity index (χ1n) is 12.0. The maximum atomic E-state index is 13.7. The fraction of sp³-hybridized carbons (Fsp3) is 0.231. The summed E-state index contributed by atoms with van der Waals surface area (Å²) in [6.07, 6.45) is 3.31. The maximum Gasteiger partial charge on any atom is 0.254 e. The third-order valence-corrected chi connectivity index (χ3v) is 7.10. The van der Waals surface area contributed by atoms with Crippen molar-refractivity contribution in [3.63, 3.8) is 0 Å². The van der Waals surface area contributed by atoms with E-state index in [1.807, 2.05) is 29.2 Å². The standard InChI is InChI=1S/C26H22FN7O3/c27-14-5-6-34-20(12-28-23(34)9-14)15-1-2-17(24-16(15)10-29-26(24)36)31-22-4-3-19-18(32-22)11-30-25(35)21-13-37-8-7-33(19)21/h1-6,9,12,21H,7-8,10-11,13H2,(H,29,36)(H,30,35)(H,31,32)/t21-/m1/s1. The Kier molecular flexibility index (Phi) is 4.86. The smallest absolute Gasteiger partial charge is 0.254 e. The molecule has 1 saturated heterocycles. The topological polar surface area (TPSA) is 113 Å². The Balaban J connectivity index is 1.25. The summed E-state index contributed by atoms with van der Waals surface area (Å²) in [4.78, 5) is 36.5. The molecule has 3 aliphatic heterocycles. The highest BCUT2D eigenvalue weighted by atomic mass is 19.1. The van der Waals surface area contributed by atoms with Gasteiger partial charge in [0.2, 0.25) is 5.91 Å². The lowest BCUT2D eigenvalue weighted by Crippen LogP contribution is -2.52. The fourth-order valence-corrected chi connectivity index (χ4v) is 5.34. The monoisotopic (exact) mass is 499 g/mol. The summed E-state index contributed by atoms with van der Waals surface area (Å²) in [5, 5.41) is 9.15. The number of benzene rings is 1. The van der Waals surface area contributed by atoms with E-state index in [0.29, 0.717) is 55.6 Å². The van der Waals surface area contributed by atoms with Crippen molar-refractivity contribution < 1.29 is 18.7 Å². The number of nitrogens with zero attached hydrogens (tertiary/aromatic N) is 4. The lowest BCUT2D eigenvalue weighted by atomic mass is 9.99. The Morgan fingerprint density at radius 2 is 2.03 bits per heavy atom. The first-order valence-corrected chi connectivity index (χ1v) is 12.0. The number of amides is 2. The molecule has 0 aliphatic carbocycles. The average molecular weight is 500 g/mol. The Labute approximate surface area is 210 Å². The Morgan fingerprint density at radius 3 is 2.95 bits per heavy atom. The van der Waals surface area contributed by atoms with Crippen molar-refractivity contribution in [3.05, 3.63) is 71.4 Å². The van der Waals surface area contributed by atoms with E-state index in [-0.39, 0.29) is 23.7 Å². The van der Waals surface area contributed by atoms with Crippen LogP contribution in [0.5, 0.6) is 0 Å². The molecule has 0 radical (unpaired) electrons. The fourth-order valence-electron chi connectivity index (χ4n) is 5.34. The highest BCUT2D eigenvalue weighted by molar-refractivity contribution is 6.06. The minimum atomic E-state index is -0.369. The van der Waals surface area contributed by atoms with Crippen LogP contribution in [0, 0.1) is 5.82 Å². The Hall–Kier alpha value is -4.51. The zero-order valence-electron chi connectivity index (χ0n) is 19.6. The SMILES string of the molecule is O=C1NCc2c(-c3cnc4cc(F)ccn34)ccc(Nc3ccc4c(n3)CNC(=O)[C@H]3COCCN43)c21. The van der Waals surface area contributed by atoms with Gasteiger partial charge in [-0.2, -0.15) is 0 Å². The number of morpholine rings is 1. The largest absolute Gasteiger partial charge is 0.377 e. The molecule has 4 aromatic rings. The molecule has 1 fully saturated rings.